The van der Waals surface area contributed by atoms with Gasteiger partial charge in [-0.05, 0) is 31.9 Å². The average Bonchev–Trinajstić information content (AvgIpc) is 2.96. The third-order valence-electron chi connectivity index (χ3n) is 4.89. The van der Waals surface area contributed by atoms with Crippen molar-refractivity contribution >= 4 is 53.6 Å². The van der Waals surface area contributed by atoms with E-state index in [0.717, 1.165) is 11.3 Å². The molecule has 0 spiro atoms. The number of benzene rings is 1. The van der Waals surface area contributed by atoms with Gasteiger partial charge in [0.15, 0.2) is 0 Å². The van der Waals surface area contributed by atoms with Crippen LogP contribution in [0.1, 0.15) is 42.5 Å². The zero-order valence-electron chi connectivity index (χ0n) is 15.2. The molecule has 2 N–H and O–H groups in total. The number of aliphatic imine (C=N–C) groups is 1. The van der Waals surface area contributed by atoms with E-state index in [1.54, 1.807) is 13.0 Å². The Bertz CT molecular complexity index is 920. The van der Waals surface area contributed by atoms with Crippen LogP contribution in [-0.4, -0.2) is 37.9 Å². The highest BCUT2D eigenvalue weighted by Crippen LogP contribution is 2.29. The van der Waals surface area contributed by atoms with Gasteiger partial charge in [-0.3, -0.25) is 9.79 Å². The van der Waals surface area contributed by atoms with Crippen LogP contribution >= 0.6 is 24.8 Å². The number of carbonyl (C=O) groups is 2. The Morgan fingerprint density at radius 1 is 1.31 bits per heavy atom. The van der Waals surface area contributed by atoms with Crippen molar-refractivity contribution in [3.05, 3.63) is 29.1 Å². The quantitative estimate of drug-likeness (QED) is 0.827. The van der Waals surface area contributed by atoms with Crippen LogP contribution in [-0.2, 0) is 11.8 Å². The van der Waals surface area contributed by atoms with E-state index in [1.807, 2.05) is 32.4 Å². The van der Waals surface area contributed by atoms with Crippen molar-refractivity contribution in [3.8, 4) is 0 Å². The third kappa shape index (κ3) is 3.17. The molecule has 1 unspecified atom stereocenters. The Labute approximate surface area is 163 Å². The fraction of sp³-hybridized carbons (Fsp3) is 0.412. The number of fused-ring (bicyclic) bond motifs is 1. The molecule has 1 amide bonds. The molecule has 7 nitrogen and oxygen atoms in total. The zero-order valence-corrected chi connectivity index (χ0v) is 16.8. The minimum Gasteiger partial charge on any atom is -0.478 e. The molecular weight excluding hydrogens is 379 g/mol. The van der Waals surface area contributed by atoms with Gasteiger partial charge in [0.1, 0.15) is 17.2 Å². The van der Waals surface area contributed by atoms with Crippen LogP contribution < -0.4 is 5.32 Å². The maximum atomic E-state index is 12.3. The van der Waals surface area contributed by atoms with Crippen LogP contribution in [0.15, 0.2) is 17.1 Å². The number of hydrogen-bond donors (Lipinski definition) is 2. The first-order valence-corrected chi connectivity index (χ1v) is 7.77. The Morgan fingerprint density at radius 3 is 2.42 bits per heavy atom. The second kappa shape index (κ2) is 7.25. The van der Waals surface area contributed by atoms with E-state index in [2.05, 4.69) is 15.3 Å². The second-order valence-corrected chi connectivity index (χ2v) is 6.63. The van der Waals surface area contributed by atoms with Gasteiger partial charge >= 0.3 is 5.97 Å². The largest absolute Gasteiger partial charge is 0.478 e. The van der Waals surface area contributed by atoms with Gasteiger partial charge in [0, 0.05) is 12.6 Å². The summed E-state index contributed by atoms with van der Waals surface area (Å²) in [5, 5.41) is 12.3. The number of nitrogens with one attached hydrogen (secondary N) is 1. The van der Waals surface area contributed by atoms with Crippen molar-refractivity contribution in [2.45, 2.75) is 33.2 Å². The lowest BCUT2D eigenvalue weighted by molar-refractivity contribution is -0.124. The van der Waals surface area contributed by atoms with Crippen LogP contribution in [0.25, 0.3) is 11.0 Å². The average molecular weight is 401 g/mol. The van der Waals surface area contributed by atoms with E-state index < -0.39 is 11.5 Å². The lowest BCUT2D eigenvalue weighted by Crippen LogP contribution is -2.41. The van der Waals surface area contributed by atoms with Gasteiger partial charge in [-0.15, -0.1) is 24.8 Å². The monoisotopic (exact) mass is 400 g/mol. The number of aryl methyl sites for hydroxylation is 2. The van der Waals surface area contributed by atoms with Crippen molar-refractivity contribution in [2.75, 3.05) is 0 Å². The molecule has 1 aromatic carbocycles. The van der Waals surface area contributed by atoms with Gasteiger partial charge in [0.05, 0.1) is 16.6 Å². The van der Waals surface area contributed by atoms with Crippen LogP contribution in [0.2, 0.25) is 0 Å². The van der Waals surface area contributed by atoms with E-state index >= 15 is 0 Å². The number of halogens is 2. The van der Waals surface area contributed by atoms with Crippen molar-refractivity contribution < 1.29 is 14.7 Å². The molecule has 9 heteroatoms. The van der Waals surface area contributed by atoms with Crippen molar-refractivity contribution in [1.29, 1.82) is 0 Å². The number of imidazole rings is 1. The number of aromatic nitrogens is 2. The fourth-order valence-corrected chi connectivity index (χ4v) is 2.80. The van der Waals surface area contributed by atoms with E-state index in [-0.39, 0.29) is 42.2 Å². The Balaban J connectivity index is 0.00000169. The third-order valence-corrected chi connectivity index (χ3v) is 4.89. The van der Waals surface area contributed by atoms with Crippen LogP contribution in [0.4, 0.5) is 0 Å². The molecule has 1 aromatic heterocycles. The summed E-state index contributed by atoms with van der Waals surface area (Å²) in [5.74, 6) is -0.223. The first kappa shape index (κ1) is 21.9. The summed E-state index contributed by atoms with van der Waals surface area (Å²) < 4.78 is 1.88. The number of hydrogen-bond acceptors (Lipinski definition) is 4. The minimum absolute atomic E-state index is 0. The molecule has 2 aromatic rings. The Kier molecular flexibility index (Phi) is 6.11. The first-order valence-electron chi connectivity index (χ1n) is 7.77. The van der Waals surface area contributed by atoms with E-state index in [9.17, 15) is 14.7 Å². The molecule has 1 aliphatic rings. The predicted molar refractivity (Wildman–Crippen MR) is 105 cm³/mol. The number of rotatable bonds is 3. The maximum Gasteiger partial charge on any atom is 0.336 e. The summed E-state index contributed by atoms with van der Waals surface area (Å²) in [4.78, 5) is 32.9. The topological polar surface area (TPSA) is 96.6 Å². The van der Waals surface area contributed by atoms with E-state index in [4.69, 9.17) is 0 Å². The summed E-state index contributed by atoms with van der Waals surface area (Å²) >= 11 is 0. The Morgan fingerprint density at radius 2 is 1.92 bits per heavy atom. The molecule has 2 heterocycles. The molecule has 0 radical (unpaired) electrons. The standard InChI is InChI=1S/C17H20N4O3.2ClH/c1-8(2)17(4)16(24)19-14(20-17)10-7-13-12(6-11(10)15(22)23)18-9(3)21(13)5;;/h6-8H,1-5H3,(H,22,23)(H,19,20,24);2*1H. The highest BCUT2D eigenvalue weighted by Gasteiger charge is 2.42. The summed E-state index contributed by atoms with van der Waals surface area (Å²) in [7, 11) is 1.86. The van der Waals surface area contributed by atoms with E-state index in [0.29, 0.717) is 16.9 Å². The molecule has 142 valence electrons. The molecule has 1 aliphatic heterocycles. The second-order valence-electron chi connectivity index (χ2n) is 6.63. The van der Waals surface area contributed by atoms with Crippen LogP contribution in [0.3, 0.4) is 0 Å². The molecule has 0 saturated carbocycles. The summed E-state index contributed by atoms with van der Waals surface area (Å²) in [5.41, 5.74) is 0.973. The van der Waals surface area contributed by atoms with Crippen molar-refractivity contribution in [3.63, 3.8) is 0 Å². The van der Waals surface area contributed by atoms with Gasteiger partial charge < -0.3 is 15.0 Å². The molecule has 26 heavy (non-hydrogen) atoms. The van der Waals surface area contributed by atoms with Crippen LogP contribution in [0, 0.1) is 12.8 Å². The van der Waals surface area contributed by atoms with E-state index in [1.165, 1.54) is 6.07 Å². The van der Waals surface area contributed by atoms with Crippen molar-refractivity contribution in [1.82, 2.24) is 14.9 Å². The fourth-order valence-electron chi connectivity index (χ4n) is 2.80. The number of carboxylic acid groups (broad SMARTS) is 1. The number of carbonyl (C=O) groups excluding carboxylic acids is 1. The lowest BCUT2D eigenvalue weighted by Gasteiger charge is -2.21. The van der Waals surface area contributed by atoms with Gasteiger partial charge in [-0.1, -0.05) is 13.8 Å². The van der Waals surface area contributed by atoms with Crippen molar-refractivity contribution in [2.24, 2.45) is 18.0 Å². The van der Waals surface area contributed by atoms with Gasteiger partial charge in [0.2, 0.25) is 0 Å². The van der Waals surface area contributed by atoms with Gasteiger partial charge in [-0.2, -0.15) is 0 Å². The number of carboxylic acids is 1. The number of amidine groups is 1. The number of nitrogens with zero attached hydrogens (tertiary/aromatic N) is 3. The first-order chi connectivity index (χ1) is 11.1. The lowest BCUT2D eigenvalue weighted by atomic mass is 9.89. The zero-order chi connectivity index (χ0) is 17.8. The molecule has 0 aliphatic carbocycles. The highest BCUT2D eigenvalue weighted by molar-refractivity contribution is 6.19. The summed E-state index contributed by atoms with van der Waals surface area (Å²) in [6.07, 6.45) is 0. The smallest absolute Gasteiger partial charge is 0.336 e. The molecule has 1 atom stereocenters. The van der Waals surface area contributed by atoms with Crippen LogP contribution in [0.5, 0.6) is 0 Å². The number of amides is 1. The molecule has 0 saturated heterocycles. The highest BCUT2D eigenvalue weighted by atomic mass is 35.5. The summed E-state index contributed by atoms with van der Waals surface area (Å²) in [6.45, 7) is 7.44. The normalized spacial score (nSPS) is 19.0. The SMILES string of the molecule is Cc1nc2cc(C(=O)O)c(C3=NC(C)(C(C)C)C(=O)N3)cc2n1C.Cl.Cl. The maximum absolute atomic E-state index is 12.3. The van der Waals surface area contributed by atoms with Gasteiger partial charge in [-0.25, -0.2) is 9.78 Å². The van der Waals surface area contributed by atoms with Gasteiger partial charge in [0.25, 0.3) is 5.91 Å². The molecular formula is C17H22Cl2N4O3. The predicted octanol–water partition coefficient (Wildman–Crippen LogP) is 2.71. The molecule has 0 bridgehead atoms. The molecule has 3 rings (SSSR count). The molecule has 0 fully saturated rings. The summed E-state index contributed by atoms with van der Waals surface area (Å²) in [6, 6.07) is 3.25. The minimum atomic E-state index is -1.08. The Hall–Kier alpha value is -2.12. The number of aromatic carboxylic acids is 1.